The average molecular weight is 1260 g/mol. The van der Waals surface area contributed by atoms with Gasteiger partial charge < -0.3 is 9.80 Å². The van der Waals surface area contributed by atoms with Crippen molar-refractivity contribution in [3.05, 3.63) is 453 Å². The minimum Gasteiger partial charge on any atom is -0.311 e. The fourth-order valence-electron chi connectivity index (χ4n) is 11.8. The summed E-state index contributed by atoms with van der Waals surface area (Å²) in [5, 5.41) is 0. The van der Waals surface area contributed by atoms with Crippen molar-refractivity contribution in [3.63, 3.8) is 0 Å². The van der Waals surface area contributed by atoms with E-state index in [2.05, 4.69) is 448 Å². The Morgan fingerprint density at radius 3 is 0.541 bits per heavy atom. The molecule has 0 aromatic heterocycles. The lowest BCUT2D eigenvalue weighted by Gasteiger charge is -2.26. The SMILES string of the molecule is Cc1ccc(N(c2ccc(/C=C/c3ccc(/C=C/C=C(c4ccccc4)c4ccccc4)cc3)cc2)c2ccc(/C=C/c3ccc(/C=C/c4ccc(N(c5ccc(C)cc5)c5ccc(/C=C/c6ccc(/C=C/C=C(c7ccccc7)c7ccccc7)cc6)cc5)cc4)cc3)cc2)cc1. The van der Waals surface area contributed by atoms with Crippen LogP contribution in [0, 0.1) is 13.8 Å². The lowest BCUT2D eigenvalue weighted by molar-refractivity contribution is 1.27. The Morgan fingerprint density at radius 1 is 0.184 bits per heavy atom. The average Bonchev–Trinajstić information content (AvgIpc) is 0.819. The van der Waals surface area contributed by atoms with Gasteiger partial charge in [0.05, 0.1) is 0 Å². The largest absolute Gasteiger partial charge is 0.311 e. The van der Waals surface area contributed by atoms with Crippen LogP contribution in [0.4, 0.5) is 34.1 Å². The molecule has 0 aliphatic heterocycles. The third kappa shape index (κ3) is 17.2. The second-order valence-corrected chi connectivity index (χ2v) is 24.4. The van der Waals surface area contributed by atoms with Crippen molar-refractivity contribution < 1.29 is 0 Å². The van der Waals surface area contributed by atoms with E-state index in [1.807, 2.05) is 0 Å². The zero-order chi connectivity index (χ0) is 66.5. The topological polar surface area (TPSA) is 6.48 Å². The van der Waals surface area contributed by atoms with Crippen LogP contribution in [0.1, 0.15) is 89.0 Å². The van der Waals surface area contributed by atoms with Crippen molar-refractivity contribution in [2.75, 3.05) is 9.80 Å². The summed E-state index contributed by atoms with van der Waals surface area (Å²) in [6.07, 6.45) is 30.5. The molecule has 0 saturated carbocycles. The third-order valence-electron chi connectivity index (χ3n) is 17.3. The van der Waals surface area contributed by atoms with Crippen LogP contribution < -0.4 is 9.80 Å². The van der Waals surface area contributed by atoms with E-state index in [4.69, 9.17) is 0 Å². The van der Waals surface area contributed by atoms with E-state index in [0.717, 1.165) is 89.8 Å². The number of benzene rings is 13. The molecule has 0 amide bonds. The van der Waals surface area contributed by atoms with Gasteiger partial charge in [0.15, 0.2) is 0 Å². The van der Waals surface area contributed by atoms with Crippen molar-refractivity contribution in [2.45, 2.75) is 13.8 Å². The van der Waals surface area contributed by atoms with Crippen LogP contribution in [0.3, 0.4) is 0 Å². The van der Waals surface area contributed by atoms with E-state index in [-0.39, 0.29) is 0 Å². The Labute approximate surface area is 579 Å². The van der Waals surface area contributed by atoms with Crippen LogP contribution in [0.25, 0.3) is 71.9 Å². The molecule has 0 unspecified atom stereocenters. The minimum absolute atomic E-state index is 1.09. The van der Waals surface area contributed by atoms with Crippen LogP contribution in [0.2, 0.25) is 0 Å². The first kappa shape index (κ1) is 64.1. The van der Waals surface area contributed by atoms with Gasteiger partial charge in [0.1, 0.15) is 0 Å². The Balaban J connectivity index is 0.619. The maximum Gasteiger partial charge on any atom is 0.0462 e. The number of allylic oxidation sites excluding steroid dienone is 4. The predicted octanol–water partition coefficient (Wildman–Crippen LogP) is 26.2. The third-order valence-corrected chi connectivity index (χ3v) is 17.3. The van der Waals surface area contributed by atoms with E-state index in [9.17, 15) is 0 Å². The first-order valence-corrected chi connectivity index (χ1v) is 33.5. The lowest BCUT2D eigenvalue weighted by atomic mass is 9.97. The lowest BCUT2D eigenvalue weighted by Crippen LogP contribution is -2.09. The van der Waals surface area contributed by atoms with Crippen LogP contribution in [0.15, 0.2) is 364 Å². The van der Waals surface area contributed by atoms with Gasteiger partial charge in [0, 0.05) is 34.1 Å². The van der Waals surface area contributed by atoms with Gasteiger partial charge in [-0.05, 0) is 176 Å². The second kappa shape index (κ2) is 32.0. The second-order valence-electron chi connectivity index (χ2n) is 24.4. The normalized spacial score (nSPS) is 11.5. The van der Waals surface area contributed by atoms with E-state index >= 15 is 0 Å². The zero-order valence-electron chi connectivity index (χ0n) is 55.3. The molecule has 0 radical (unpaired) electrons. The van der Waals surface area contributed by atoms with Crippen LogP contribution in [-0.2, 0) is 0 Å². The molecule has 13 aromatic carbocycles. The highest BCUT2D eigenvalue weighted by molar-refractivity contribution is 5.85. The van der Waals surface area contributed by atoms with E-state index < -0.39 is 0 Å². The molecule has 0 bridgehead atoms. The Hall–Kier alpha value is -12.6. The number of aryl methyl sites for hydroxylation is 2. The highest BCUT2D eigenvalue weighted by Crippen LogP contribution is 2.38. The molecule has 0 atom stereocenters. The first-order valence-electron chi connectivity index (χ1n) is 33.5. The molecule has 0 aliphatic carbocycles. The van der Waals surface area contributed by atoms with Gasteiger partial charge in [-0.3, -0.25) is 0 Å². The van der Waals surface area contributed by atoms with Crippen molar-refractivity contribution in [1.82, 2.24) is 0 Å². The Kier molecular flexibility index (Phi) is 20.9. The van der Waals surface area contributed by atoms with Crippen LogP contribution >= 0.6 is 0 Å². The molecule has 98 heavy (non-hydrogen) atoms. The quantitative estimate of drug-likeness (QED) is 0.0493. The highest BCUT2D eigenvalue weighted by atomic mass is 15.1. The molecule has 0 N–H and O–H groups in total. The van der Waals surface area contributed by atoms with Crippen molar-refractivity contribution in [2.24, 2.45) is 0 Å². The Morgan fingerprint density at radius 2 is 0.347 bits per heavy atom. The van der Waals surface area contributed by atoms with E-state index in [1.54, 1.807) is 0 Å². The van der Waals surface area contributed by atoms with E-state index in [1.165, 1.54) is 44.5 Å². The molecule has 2 heteroatoms. The fourth-order valence-corrected chi connectivity index (χ4v) is 11.8. The number of rotatable bonds is 22. The van der Waals surface area contributed by atoms with Gasteiger partial charge in [0.25, 0.3) is 0 Å². The van der Waals surface area contributed by atoms with E-state index in [0.29, 0.717) is 0 Å². The van der Waals surface area contributed by atoms with Crippen LogP contribution in [-0.4, -0.2) is 0 Å². The number of hydrogen-bond donors (Lipinski definition) is 0. The number of hydrogen-bond acceptors (Lipinski definition) is 2. The molecule has 13 aromatic rings. The smallest absolute Gasteiger partial charge is 0.0462 e. The standard InChI is InChI=1S/C96H76N2/c1-73-29-61-89(62-30-73)97(91-65-53-81(54-66-91)49-45-77-37-33-75(34-38-77)17-15-27-95(85-19-7-3-8-20-85)86-21-9-4-10-22-86)93-69-57-83(58-70-93)51-47-79-41-43-80(44-42-79)48-52-84-59-71-94(72-60-84)98(90-63-31-74(2)32-64-90)92-67-55-82(56-68-92)50-46-78-39-35-76(36-40-78)18-16-28-96(87-23-11-5-12-24-87)88-25-13-6-14-26-88/h3-72H,1-2H3/b17-15+,18-16+,49-45+,50-46+,51-47+,52-48+. The molecule has 0 spiro atoms. The Bertz CT molecular complexity index is 4540. The van der Waals surface area contributed by atoms with Gasteiger partial charge in [-0.2, -0.15) is 0 Å². The van der Waals surface area contributed by atoms with Crippen LogP contribution in [0.5, 0.6) is 0 Å². The maximum atomic E-state index is 2.32. The zero-order valence-corrected chi connectivity index (χ0v) is 55.3. The summed E-state index contributed by atoms with van der Waals surface area (Å²) in [6.45, 7) is 4.26. The van der Waals surface area contributed by atoms with Gasteiger partial charge in [0.2, 0.25) is 0 Å². The molecule has 2 nitrogen and oxygen atoms in total. The molecule has 470 valence electrons. The predicted molar refractivity (Wildman–Crippen MR) is 425 cm³/mol. The van der Waals surface area contributed by atoms with Gasteiger partial charge >= 0.3 is 0 Å². The summed E-state index contributed by atoms with van der Waals surface area (Å²) in [5.74, 6) is 0. The van der Waals surface area contributed by atoms with Crippen molar-refractivity contribution in [1.29, 1.82) is 0 Å². The fraction of sp³-hybridized carbons (Fsp3) is 0.0208. The summed E-state index contributed by atoms with van der Waals surface area (Å²) in [7, 11) is 0. The van der Waals surface area contributed by atoms with Gasteiger partial charge in [-0.1, -0.05) is 363 Å². The summed E-state index contributed by atoms with van der Waals surface area (Å²) in [5.41, 5.74) is 27.6. The first-order chi connectivity index (χ1) is 48.3. The van der Waals surface area contributed by atoms with Gasteiger partial charge in [-0.25, -0.2) is 0 Å². The summed E-state index contributed by atoms with van der Waals surface area (Å²) in [4.78, 5) is 4.64. The number of nitrogens with zero attached hydrogens (tertiary/aromatic N) is 2. The molecule has 0 aliphatic rings. The van der Waals surface area contributed by atoms with Crippen molar-refractivity contribution in [3.8, 4) is 0 Å². The number of anilines is 6. The summed E-state index contributed by atoms with van der Waals surface area (Å²) >= 11 is 0. The molecular formula is C96H76N2. The minimum atomic E-state index is 1.09. The monoisotopic (exact) mass is 1260 g/mol. The summed E-state index contributed by atoms with van der Waals surface area (Å²) < 4.78 is 0. The maximum absolute atomic E-state index is 2.32. The molecule has 0 heterocycles. The van der Waals surface area contributed by atoms with Gasteiger partial charge in [-0.15, -0.1) is 0 Å². The highest BCUT2D eigenvalue weighted by Gasteiger charge is 2.15. The molecule has 0 fully saturated rings. The molecular weight excluding hydrogens is 1180 g/mol. The summed E-state index contributed by atoms with van der Waals surface area (Å²) in [6, 6.07) is 121. The van der Waals surface area contributed by atoms with Crippen molar-refractivity contribution >= 4 is 106 Å². The molecule has 13 rings (SSSR count). The molecule has 0 saturated heterocycles.